The summed E-state index contributed by atoms with van der Waals surface area (Å²) in [5.41, 5.74) is 2.02. The molecule has 0 aliphatic heterocycles. The predicted molar refractivity (Wildman–Crippen MR) is 77.7 cm³/mol. The summed E-state index contributed by atoms with van der Waals surface area (Å²) in [6.45, 7) is 8.14. The average Bonchev–Trinajstić information content (AvgIpc) is 2.60. The lowest BCUT2D eigenvalue weighted by Crippen LogP contribution is -2.34. The lowest BCUT2D eigenvalue weighted by atomic mass is 9.92. The van der Waals surface area contributed by atoms with Crippen LogP contribution in [0.5, 0.6) is 0 Å². The van der Waals surface area contributed by atoms with E-state index in [1.807, 2.05) is 26.0 Å². The summed E-state index contributed by atoms with van der Waals surface area (Å²) >= 11 is 0. The number of hydrogen-bond acceptors (Lipinski definition) is 2. The van der Waals surface area contributed by atoms with Gasteiger partial charge in [0.15, 0.2) is 0 Å². The number of hydrogen-bond donors (Lipinski definition) is 1. The summed E-state index contributed by atoms with van der Waals surface area (Å²) < 4.78 is 27.8. The predicted octanol–water partition coefficient (Wildman–Crippen LogP) is 3.16. The molecule has 1 fully saturated rings. The van der Waals surface area contributed by atoms with Crippen molar-refractivity contribution in [2.45, 2.75) is 57.9 Å². The molecule has 0 radical (unpaired) electrons. The van der Waals surface area contributed by atoms with Crippen LogP contribution in [0, 0.1) is 19.3 Å². The van der Waals surface area contributed by atoms with Crippen LogP contribution < -0.4 is 4.72 Å². The third-order valence-electron chi connectivity index (χ3n) is 3.92. The van der Waals surface area contributed by atoms with Crippen LogP contribution in [0.25, 0.3) is 0 Å². The number of benzene rings is 1. The zero-order valence-electron chi connectivity index (χ0n) is 12.2. The molecule has 1 N–H and O–H groups in total. The molecule has 1 aromatic rings. The molecule has 0 spiro atoms. The standard InChI is InChI=1S/C15H23NO2S/c1-11-5-6-12(2)14(9-11)19(17,18)16-13-7-8-15(3,4)10-13/h5-6,9,13,16H,7-8,10H2,1-4H3. The van der Waals surface area contributed by atoms with Gasteiger partial charge in [0.25, 0.3) is 0 Å². The second-order valence-corrected chi connectivity index (χ2v) is 8.18. The fraction of sp³-hybridized carbons (Fsp3) is 0.600. The highest BCUT2D eigenvalue weighted by Gasteiger charge is 2.33. The largest absolute Gasteiger partial charge is 0.241 e. The van der Waals surface area contributed by atoms with Crippen molar-refractivity contribution in [2.75, 3.05) is 0 Å². The van der Waals surface area contributed by atoms with Gasteiger partial charge in [0.05, 0.1) is 4.90 Å². The van der Waals surface area contributed by atoms with E-state index < -0.39 is 10.0 Å². The third kappa shape index (κ3) is 3.37. The van der Waals surface area contributed by atoms with Crippen LogP contribution in [0.4, 0.5) is 0 Å². The first-order valence-electron chi connectivity index (χ1n) is 6.79. The van der Waals surface area contributed by atoms with Gasteiger partial charge in [-0.1, -0.05) is 26.0 Å². The van der Waals surface area contributed by atoms with Crippen molar-refractivity contribution in [1.29, 1.82) is 0 Å². The second-order valence-electron chi connectivity index (χ2n) is 6.49. The first-order valence-corrected chi connectivity index (χ1v) is 8.28. The average molecular weight is 281 g/mol. The third-order valence-corrected chi connectivity index (χ3v) is 5.59. The molecule has 1 aliphatic carbocycles. The van der Waals surface area contributed by atoms with Gasteiger partial charge in [-0.15, -0.1) is 0 Å². The molecule has 1 atom stereocenters. The maximum Gasteiger partial charge on any atom is 0.241 e. The Kier molecular flexibility index (Phi) is 3.76. The molecule has 1 aliphatic rings. The minimum Gasteiger partial charge on any atom is -0.208 e. The summed E-state index contributed by atoms with van der Waals surface area (Å²) in [6.07, 6.45) is 2.92. The van der Waals surface area contributed by atoms with E-state index >= 15 is 0 Å². The molecule has 1 unspecified atom stereocenters. The first kappa shape index (κ1) is 14.5. The summed E-state index contributed by atoms with van der Waals surface area (Å²) in [4.78, 5) is 0.414. The molecule has 1 aromatic carbocycles. The van der Waals surface area contributed by atoms with Crippen LogP contribution in [0.1, 0.15) is 44.2 Å². The van der Waals surface area contributed by atoms with Gasteiger partial charge < -0.3 is 0 Å². The minimum atomic E-state index is -3.40. The van der Waals surface area contributed by atoms with Gasteiger partial charge in [0.1, 0.15) is 0 Å². The number of sulfonamides is 1. The van der Waals surface area contributed by atoms with Crippen molar-refractivity contribution in [3.63, 3.8) is 0 Å². The molecule has 2 rings (SSSR count). The Bertz CT molecular complexity index is 576. The van der Waals surface area contributed by atoms with E-state index in [1.54, 1.807) is 6.07 Å². The molecule has 106 valence electrons. The van der Waals surface area contributed by atoms with Crippen molar-refractivity contribution >= 4 is 10.0 Å². The SMILES string of the molecule is Cc1ccc(C)c(S(=O)(=O)NC2CCC(C)(C)C2)c1. The van der Waals surface area contributed by atoms with Gasteiger partial charge in [0, 0.05) is 6.04 Å². The van der Waals surface area contributed by atoms with Gasteiger partial charge in [-0.05, 0) is 55.7 Å². The van der Waals surface area contributed by atoms with E-state index in [4.69, 9.17) is 0 Å². The monoisotopic (exact) mass is 281 g/mol. The quantitative estimate of drug-likeness (QED) is 0.925. The van der Waals surface area contributed by atoms with E-state index in [2.05, 4.69) is 18.6 Å². The number of aryl methyl sites for hydroxylation is 2. The van der Waals surface area contributed by atoms with Crippen molar-refractivity contribution in [3.8, 4) is 0 Å². The number of rotatable bonds is 3. The molecule has 0 amide bonds. The highest BCUT2D eigenvalue weighted by Crippen LogP contribution is 2.37. The van der Waals surface area contributed by atoms with Gasteiger partial charge in [-0.3, -0.25) is 0 Å². The normalized spacial score (nSPS) is 22.6. The van der Waals surface area contributed by atoms with E-state index in [-0.39, 0.29) is 11.5 Å². The zero-order chi connectivity index (χ0) is 14.3. The summed E-state index contributed by atoms with van der Waals surface area (Å²) in [5.74, 6) is 0. The smallest absolute Gasteiger partial charge is 0.208 e. The van der Waals surface area contributed by atoms with Crippen molar-refractivity contribution in [3.05, 3.63) is 29.3 Å². The van der Waals surface area contributed by atoms with Crippen molar-refractivity contribution in [2.24, 2.45) is 5.41 Å². The number of nitrogens with one attached hydrogen (secondary N) is 1. The fourth-order valence-corrected chi connectivity index (χ4v) is 4.42. The van der Waals surface area contributed by atoms with Crippen LogP contribution in [-0.2, 0) is 10.0 Å². The van der Waals surface area contributed by atoms with Crippen LogP contribution in [0.3, 0.4) is 0 Å². The van der Waals surface area contributed by atoms with Gasteiger partial charge in [0.2, 0.25) is 10.0 Å². The van der Waals surface area contributed by atoms with Crippen LogP contribution in [0.2, 0.25) is 0 Å². The van der Waals surface area contributed by atoms with Crippen LogP contribution in [0.15, 0.2) is 23.1 Å². The van der Waals surface area contributed by atoms with E-state index in [0.717, 1.165) is 30.4 Å². The first-order chi connectivity index (χ1) is 8.70. The molecular formula is C15H23NO2S. The Morgan fingerprint density at radius 3 is 2.53 bits per heavy atom. The Labute approximate surface area is 116 Å². The highest BCUT2D eigenvalue weighted by atomic mass is 32.2. The maximum absolute atomic E-state index is 12.5. The van der Waals surface area contributed by atoms with Gasteiger partial charge in [-0.25, -0.2) is 13.1 Å². The molecule has 0 saturated heterocycles. The van der Waals surface area contributed by atoms with E-state index in [0.29, 0.717) is 4.90 Å². The minimum absolute atomic E-state index is 0.0694. The molecule has 4 heteroatoms. The molecule has 0 heterocycles. The Morgan fingerprint density at radius 1 is 1.26 bits per heavy atom. The Morgan fingerprint density at radius 2 is 1.95 bits per heavy atom. The molecule has 0 bridgehead atoms. The lowest BCUT2D eigenvalue weighted by Gasteiger charge is -2.18. The van der Waals surface area contributed by atoms with E-state index in [1.165, 1.54) is 0 Å². The molecule has 3 nitrogen and oxygen atoms in total. The summed E-state index contributed by atoms with van der Waals surface area (Å²) in [5, 5.41) is 0. The topological polar surface area (TPSA) is 46.2 Å². The second kappa shape index (κ2) is 4.91. The van der Waals surface area contributed by atoms with Crippen LogP contribution >= 0.6 is 0 Å². The van der Waals surface area contributed by atoms with Gasteiger partial charge >= 0.3 is 0 Å². The Balaban J connectivity index is 2.22. The molecular weight excluding hydrogens is 258 g/mol. The summed E-state index contributed by atoms with van der Waals surface area (Å²) in [7, 11) is -3.40. The molecule has 19 heavy (non-hydrogen) atoms. The lowest BCUT2D eigenvalue weighted by molar-refractivity contribution is 0.372. The van der Waals surface area contributed by atoms with Crippen LogP contribution in [-0.4, -0.2) is 14.5 Å². The maximum atomic E-state index is 12.5. The van der Waals surface area contributed by atoms with Gasteiger partial charge in [-0.2, -0.15) is 0 Å². The van der Waals surface area contributed by atoms with Crippen molar-refractivity contribution < 1.29 is 8.42 Å². The fourth-order valence-electron chi connectivity index (χ4n) is 2.82. The zero-order valence-corrected chi connectivity index (χ0v) is 13.0. The van der Waals surface area contributed by atoms with E-state index in [9.17, 15) is 8.42 Å². The Hall–Kier alpha value is -0.870. The van der Waals surface area contributed by atoms with Crippen molar-refractivity contribution in [1.82, 2.24) is 4.72 Å². The summed E-state index contributed by atoms with van der Waals surface area (Å²) in [6, 6.07) is 5.62. The molecule has 1 saturated carbocycles. The highest BCUT2D eigenvalue weighted by molar-refractivity contribution is 7.89. The molecule has 0 aromatic heterocycles.